The first-order valence-electron chi connectivity index (χ1n) is 6.55. The summed E-state index contributed by atoms with van der Waals surface area (Å²) >= 11 is 6.15. The molecule has 3 nitrogen and oxygen atoms in total. The molecule has 0 aliphatic carbocycles. The molecule has 0 unspecified atom stereocenters. The van der Waals surface area contributed by atoms with Gasteiger partial charge in [0.25, 0.3) is 0 Å². The average molecular weight is 289 g/mol. The molecule has 0 saturated carbocycles. The molecular weight excluding hydrogens is 272 g/mol. The Balaban J connectivity index is 2.12. The minimum absolute atomic E-state index is 0.0605. The first-order valence-corrected chi connectivity index (χ1v) is 6.93. The third-order valence-electron chi connectivity index (χ3n) is 3.16. The van der Waals surface area contributed by atoms with Crippen LogP contribution in [0.1, 0.15) is 29.4 Å². The van der Waals surface area contributed by atoms with Crippen molar-refractivity contribution in [2.45, 2.75) is 19.9 Å². The summed E-state index contributed by atoms with van der Waals surface area (Å²) in [6, 6.07) is 11.4. The van der Waals surface area contributed by atoms with Crippen LogP contribution in [-0.2, 0) is 6.54 Å². The van der Waals surface area contributed by atoms with Gasteiger partial charge in [-0.1, -0.05) is 36.7 Å². The number of halogens is 1. The van der Waals surface area contributed by atoms with Crippen molar-refractivity contribution < 1.29 is 4.79 Å². The molecule has 0 spiro atoms. The number of rotatable bonds is 5. The number of Topliss-reactive ketones (excluding diaryl/α,β-unsaturated/α-hetero) is 1. The molecule has 1 aromatic carbocycles. The van der Waals surface area contributed by atoms with E-state index in [0.717, 1.165) is 16.3 Å². The SMILES string of the molecule is CCC(=O)c1ccc(N(C)Cc2ccccc2Cl)cn1. The Bertz CT molecular complexity index is 596. The van der Waals surface area contributed by atoms with Crippen LogP contribution in [-0.4, -0.2) is 17.8 Å². The molecule has 0 bridgehead atoms. The summed E-state index contributed by atoms with van der Waals surface area (Å²) in [6.07, 6.45) is 2.20. The smallest absolute Gasteiger partial charge is 0.180 e. The van der Waals surface area contributed by atoms with Gasteiger partial charge in [-0.15, -0.1) is 0 Å². The fourth-order valence-electron chi connectivity index (χ4n) is 1.93. The van der Waals surface area contributed by atoms with Crippen LogP contribution in [0, 0.1) is 0 Å². The summed E-state index contributed by atoms with van der Waals surface area (Å²) < 4.78 is 0. The Morgan fingerprint density at radius 3 is 2.60 bits per heavy atom. The highest BCUT2D eigenvalue weighted by molar-refractivity contribution is 6.31. The van der Waals surface area contributed by atoms with Gasteiger partial charge in [0.05, 0.1) is 11.9 Å². The normalized spacial score (nSPS) is 10.3. The number of carbonyl (C=O) groups is 1. The Hall–Kier alpha value is -1.87. The molecule has 0 N–H and O–H groups in total. The number of hydrogen-bond donors (Lipinski definition) is 0. The molecule has 4 heteroatoms. The zero-order valence-electron chi connectivity index (χ0n) is 11.6. The lowest BCUT2D eigenvalue weighted by Crippen LogP contribution is -2.17. The van der Waals surface area contributed by atoms with Crippen LogP contribution in [0.15, 0.2) is 42.6 Å². The van der Waals surface area contributed by atoms with Gasteiger partial charge in [0, 0.05) is 25.0 Å². The molecule has 20 heavy (non-hydrogen) atoms. The van der Waals surface area contributed by atoms with Crippen molar-refractivity contribution in [1.29, 1.82) is 0 Å². The first-order chi connectivity index (χ1) is 9.61. The maximum Gasteiger partial charge on any atom is 0.180 e. The van der Waals surface area contributed by atoms with E-state index in [-0.39, 0.29) is 5.78 Å². The number of hydrogen-bond acceptors (Lipinski definition) is 3. The van der Waals surface area contributed by atoms with Crippen molar-refractivity contribution in [3.8, 4) is 0 Å². The Morgan fingerprint density at radius 1 is 1.25 bits per heavy atom. The Morgan fingerprint density at radius 2 is 2.00 bits per heavy atom. The predicted octanol–water partition coefficient (Wildman–Crippen LogP) is 3.96. The molecule has 0 aliphatic heterocycles. The van der Waals surface area contributed by atoms with Crippen LogP contribution >= 0.6 is 11.6 Å². The molecule has 0 amide bonds. The highest BCUT2D eigenvalue weighted by Crippen LogP contribution is 2.20. The van der Waals surface area contributed by atoms with Gasteiger partial charge in [-0.05, 0) is 23.8 Å². The van der Waals surface area contributed by atoms with Crippen molar-refractivity contribution in [3.63, 3.8) is 0 Å². The van der Waals surface area contributed by atoms with Crippen molar-refractivity contribution in [1.82, 2.24) is 4.98 Å². The third kappa shape index (κ3) is 3.36. The maximum atomic E-state index is 11.5. The number of nitrogens with zero attached hydrogens (tertiary/aromatic N) is 2. The van der Waals surface area contributed by atoms with E-state index in [4.69, 9.17) is 11.6 Å². The van der Waals surface area contributed by atoms with E-state index in [1.165, 1.54) is 0 Å². The molecular formula is C16H17ClN2O. The van der Waals surface area contributed by atoms with Gasteiger partial charge >= 0.3 is 0 Å². The summed E-state index contributed by atoms with van der Waals surface area (Å²) in [6.45, 7) is 2.53. The van der Waals surface area contributed by atoms with E-state index in [1.54, 1.807) is 12.3 Å². The fraction of sp³-hybridized carbons (Fsp3) is 0.250. The number of anilines is 1. The lowest BCUT2D eigenvalue weighted by Gasteiger charge is -2.19. The third-order valence-corrected chi connectivity index (χ3v) is 3.53. The van der Waals surface area contributed by atoms with E-state index in [9.17, 15) is 4.79 Å². The lowest BCUT2D eigenvalue weighted by atomic mass is 10.2. The molecule has 0 aliphatic rings. The molecule has 2 aromatic rings. The van der Waals surface area contributed by atoms with E-state index >= 15 is 0 Å². The lowest BCUT2D eigenvalue weighted by molar-refractivity contribution is 0.0983. The molecule has 0 atom stereocenters. The number of benzene rings is 1. The summed E-state index contributed by atoms with van der Waals surface area (Å²) in [5, 5.41) is 0.755. The minimum Gasteiger partial charge on any atom is -0.369 e. The van der Waals surface area contributed by atoms with Gasteiger partial charge in [0.2, 0.25) is 0 Å². The monoisotopic (exact) mass is 288 g/mol. The fourth-order valence-corrected chi connectivity index (χ4v) is 2.13. The summed E-state index contributed by atoms with van der Waals surface area (Å²) in [5.41, 5.74) is 2.53. The second-order valence-corrected chi connectivity index (χ2v) is 5.03. The average Bonchev–Trinajstić information content (AvgIpc) is 2.49. The van der Waals surface area contributed by atoms with Gasteiger partial charge in [-0.3, -0.25) is 9.78 Å². The van der Waals surface area contributed by atoms with Crippen molar-refractivity contribution in [3.05, 3.63) is 58.9 Å². The van der Waals surface area contributed by atoms with Crippen LogP contribution in [0.2, 0.25) is 5.02 Å². The van der Waals surface area contributed by atoms with Crippen LogP contribution in [0.4, 0.5) is 5.69 Å². The van der Waals surface area contributed by atoms with Gasteiger partial charge in [-0.25, -0.2) is 0 Å². The molecule has 2 rings (SSSR count). The molecule has 1 heterocycles. The van der Waals surface area contributed by atoms with Gasteiger partial charge < -0.3 is 4.90 Å². The Labute approximate surface area is 124 Å². The van der Waals surface area contributed by atoms with Crippen LogP contribution < -0.4 is 4.90 Å². The van der Waals surface area contributed by atoms with E-state index in [1.807, 2.05) is 44.3 Å². The van der Waals surface area contributed by atoms with Gasteiger partial charge in [0.1, 0.15) is 5.69 Å². The minimum atomic E-state index is 0.0605. The number of carbonyl (C=O) groups excluding carboxylic acids is 1. The first kappa shape index (κ1) is 14.5. The summed E-state index contributed by atoms with van der Waals surface area (Å²) in [4.78, 5) is 17.8. The molecule has 0 fully saturated rings. The predicted molar refractivity (Wildman–Crippen MR) is 82.4 cm³/mol. The van der Waals surface area contributed by atoms with Crippen LogP contribution in [0.5, 0.6) is 0 Å². The van der Waals surface area contributed by atoms with Crippen molar-refractivity contribution in [2.24, 2.45) is 0 Å². The van der Waals surface area contributed by atoms with E-state index in [2.05, 4.69) is 9.88 Å². The van der Waals surface area contributed by atoms with Gasteiger partial charge in [0.15, 0.2) is 5.78 Å². The second kappa shape index (κ2) is 6.53. The highest BCUT2D eigenvalue weighted by Gasteiger charge is 2.08. The molecule has 0 radical (unpaired) electrons. The quantitative estimate of drug-likeness (QED) is 0.781. The maximum absolute atomic E-state index is 11.5. The summed E-state index contributed by atoms with van der Waals surface area (Å²) in [7, 11) is 1.97. The molecule has 104 valence electrons. The number of ketones is 1. The largest absolute Gasteiger partial charge is 0.369 e. The van der Waals surface area contributed by atoms with Crippen LogP contribution in [0.3, 0.4) is 0 Å². The standard InChI is InChI=1S/C16H17ClN2O/c1-3-16(20)15-9-8-13(10-18-15)19(2)11-12-6-4-5-7-14(12)17/h4-10H,3,11H2,1-2H3. The second-order valence-electron chi connectivity index (χ2n) is 4.63. The topological polar surface area (TPSA) is 33.2 Å². The van der Waals surface area contributed by atoms with E-state index in [0.29, 0.717) is 18.7 Å². The number of aromatic nitrogens is 1. The summed E-state index contributed by atoms with van der Waals surface area (Å²) in [5.74, 6) is 0.0605. The zero-order valence-corrected chi connectivity index (χ0v) is 12.4. The molecule has 1 aromatic heterocycles. The van der Waals surface area contributed by atoms with Gasteiger partial charge in [-0.2, -0.15) is 0 Å². The van der Waals surface area contributed by atoms with E-state index < -0.39 is 0 Å². The van der Waals surface area contributed by atoms with Crippen molar-refractivity contribution >= 4 is 23.1 Å². The molecule has 0 saturated heterocycles. The van der Waals surface area contributed by atoms with Crippen molar-refractivity contribution in [2.75, 3.05) is 11.9 Å². The number of pyridine rings is 1. The Kier molecular flexibility index (Phi) is 4.74. The highest BCUT2D eigenvalue weighted by atomic mass is 35.5. The zero-order chi connectivity index (χ0) is 14.5. The van der Waals surface area contributed by atoms with Crippen LogP contribution in [0.25, 0.3) is 0 Å².